The molecule has 31 heavy (non-hydrogen) atoms. The first-order valence-electron chi connectivity index (χ1n) is 10.5. The first kappa shape index (κ1) is 20.0. The number of carbonyl (C=O) groups excluding carboxylic acids is 1. The van der Waals surface area contributed by atoms with Gasteiger partial charge >= 0.3 is 0 Å². The van der Waals surface area contributed by atoms with Gasteiger partial charge in [-0.2, -0.15) is 0 Å². The Morgan fingerprint density at radius 1 is 1.32 bits per heavy atom. The van der Waals surface area contributed by atoms with Crippen molar-refractivity contribution in [1.29, 1.82) is 0 Å². The summed E-state index contributed by atoms with van der Waals surface area (Å²) in [5, 5.41) is 5.19. The Morgan fingerprint density at radius 3 is 3.00 bits per heavy atom. The smallest absolute Gasteiger partial charge is 0.261 e. The predicted octanol–water partition coefficient (Wildman–Crippen LogP) is 4.15. The van der Waals surface area contributed by atoms with Crippen LogP contribution in [0.4, 0.5) is 0 Å². The van der Waals surface area contributed by atoms with E-state index in [9.17, 15) is 4.79 Å². The quantitative estimate of drug-likeness (QED) is 0.513. The molecule has 160 valence electrons. The molecule has 3 aromatic heterocycles. The van der Waals surface area contributed by atoms with Gasteiger partial charge in [0.15, 0.2) is 0 Å². The molecule has 6 nitrogen and oxygen atoms in total. The third-order valence-electron chi connectivity index (χ3n) is 6.29. The van der Waals surface area contributed by atoms with Crippen molar-refractivity contribution >= 4 is 38.4 Å². The third kappa shape index (κ3) is 3.47. The van der Waals surface area contributed by atoms with Gasteiger partial charge in [0.1, 0.15) is 10.6 Å². The van der Waals surface area contributed by atoms with Crippen molar-refractivity contribution in [3.63, 3.8) is 0 Å². The highest BCUT2D eigenvalue weighted by Gasteiger charge is 2.31. The fraction of sp³-hybridized carbons (Fsp3) is 0.333. The molecule has 1 saturated heterocycles. The third-order valence-corrected chi connectivity index (χ3v) is 7.42. The molecule has 1 aliphatic heterocycles. The van der Waals surface area contributed by atoms with Crippen LogP contribution in [0.15, 0.2) is 42.7 Å². The average molecular weight is 435 g/mol. The van der Waals surface area contributed by atoms with E-state index in [1.807, 2.05) is 12.1 Å². The Hall–Kier alpha value is -2.90. The van der Waals surface area contributed by atoms with Gasteiger partial charge in [-0.25, -0.2) is 4.98 Å². The fourth-order valence-corrected chi connectivity index (χ4v) is 5.97. The number of hydrogen-bond donors (Lipinski definition) is 1. The Kier molecular flexibility index (Phi) is 5.16. The van der Waals surface area contributed by atoms with E-state index in [1.54, 1.807) is 20.4 Å². The van der Waals surface area contributed by atoms with E-state index in [0.717, 1.165) is 52.5 Å². The van der Waals surface area contributed by atoms with Gasteiger partial charge in [-0.15, -0.1) is 11.3 Å². The molecule has 1 aliphatic rings. The Labute approximate surface area is 185 Å². The van der Waals surface area contributed by atoms with Gasteiger partial charge in [0.05, 0.1) is 17.5 Å². The molecule has 4 heterocycles. The minimum absolute atomic E-state index is 0.0144. The first-order valence-corrected chi connectivity index (χ1v) is 11.3. The number of fused-ring (bicyclic) bond motifs is 2. The SMILES string of the molecule is CNC(=O)c1sc2ncccc2c1[C@H]1CCN(Cc2cn(C)c3cc(OC)ccc23)C1. The zero-order valence-electron chi connectivity index (χ0n) is 18.0. The maximum Gasteiger partial charge on any atom is 0.261 e. The number of nitrogens with one attached hydrogen (secondary N) is 1. The zero-order valence-corrected chi connectivity index (χ0v) is 18.8. The summed E-state index contributed by atoms with van der Waals surface area (Å²) in [5.74, 6) is 1.20. The van der Waals surface area contributed by atoms with E-state index in [1.165, 1.54) is 27.8 Å². The van der Waals surface area contributed by atoms with Gasteiger partial charge in [-0.3, -0.25) is 9.69 Å². The van der Waals surface area contributed by atoms with Crippen LogP contribution in [0.1, 0.15) is 33.1 Å². The number of ether oxygens (including phenoxy) is 1. The number of benzene rings is 1. The molecule has 0 radical (unpaired) electrons. The second-order valence-corrected chi connectivity index (χ2v) is 9.15. The lowest BCUT2D eigenvalue weighted by Gasteiger charge is -2.16. The lowest BCUT2D eigenvalue weighted by molar-refractivity contribution is 0.0966. The van der Waals surface area contributed by atoms with Gasteiger partial charge in [-0.05, 0) is 42.3 Å². The first-order chi connectivity index (χ1) is 15.1. The van der Waals surface area contributed by atoms with E-state index in [2.05, 4.69) is 51.2 Å². The molecule has 1 aromatic carbocycles. The van der Waals surface area contributed by atoms with Crippen molar-refractivity contribution in [3.05, 3.63) is 58.7 Å². The minimum Gasteiger partial charge on any atom is -0.497 e. The molecule has 1 amide bonds. The van der Waals surface area contributed by atoms with E-state index in [4.69, 9.17) is 4.74 Å². The van der Waals surface area contributed by atoms with Crippen molar-refractivity contribution in [2.24, 2.45) is 7.05 Å². The standard InChI is InChI=1S/C24H26N4O2S/c1-25-23(29)22-21(19-5-4-9-26-24(19)31-22)15-8-10-28(13-15)14-16-12-27(2)20-11-17(30-3)6-7-18(16)20/h4-7,9,11-12,15H,8,10,13-14H2,1-3H3,(H,25,29)/t15-/m0/s1. The minimum atomic E-state index is -0.0144. The molecule has 0 saturated carbocycles. The average Bonchev–Trinajstić information content (AvgIpc) is 3.49. The molecule has 5 rings (SSSR count). The van der Waals surface area contributed by atoms with Crippen molar-refractivity contribution in [2.45, 2.75) is 18.9 Å². The summed E-state index contributed by atoms with van der Waals surface area (Å²) >= 11 is 1.50. The van der Waals surface area contributed by atoms with Gasteiger partial charge in [-0.1, -0.05) is 6.07 Å². The summed E-state index contributed by atoms with van der Waals surface area (Å²) in [5.41, 5.74) is 3.67. The molecular weight excluding hydrogens is 408 g/mol. The highest BCUT2D eigenvalue weighted by Crippen LogP contribution is 2.40. The van der Waals surface area contributed by atoms with Crippen molar-refractivity contribution in [3.8, 4) is 5.75 Å². The number of hydrogen-bond acceptors (Lipinski definition) is 5. The molecular formula is C24H26N4O2S. The maximum atomic E-state index is 12.6. The number of aryl methyl sites for hydroxylation is 1. The lowest BCUT2D eigenvalue weighted by Crippen LogP contribution is -2.21. The van der Waals surface area contributed by atoms with E-state index in [0.29, 0.717) is 5.92 Å². The van der Waals surface area contributed by atoms with Crippen LogP contribution in [0.3, 0.4) is 0 Å². The Bertz CT molecular complexity index is 1280. The summed E-state index contributed by atoms with van der Waals surface area (Å²) in [6.07, 6.45) is 5.06. The maximum absolute atomic E-state index is 12.6. The Balaban J connectivity index is 1.43. The normalized spacial score (nSPS) is 16.9. The molecule has 0 aliphatic carbocycles. The second kappa shape index (κ2) is 7.98. The predicted molar refractivity (Wildman–Crippen MR) is 125 cm³/mol. The molecule has 1 fully saturated rings. The molecule has 1 atom stereocenters. The van der Waals surface area contributed by atoms with Crippen molar-refractivity contribution in [1.82, 2.24) is 19.8 Å². The van der Waals surface area contributed by atoms with Crippen LogP contribution >= 0.6 is 11.3 Å². The van der Waals surface area contributed by atoms with Crippen LogP contribution in [0.25, 0.3) is 21.1 Å². The van der Waals surface area contributed by atoms with Crippen LogP contribution in [0.5, 0.6) is 5.75 Å². The lowest BCUT2D eigenvalue weighted by atomic mass is 9.95. The van der Waals surface area contributed by atoms with Gasteiger partial charge < -0.3 is 14.6 Å². The molecule has 0 spiro atoms. The van der Waals surface area contributed by atoms with Crippen molar-refractivity contribution in [2.75, 3.05) is 27.2 Å². The summed E-state index contributed by atoms with van der Waals surface area (Å²) < 4.78 is 7.56. The highest BCUT2D eigenvalue weighted by molar-refractivity contribution is 7.20. The molecule has 0 unspecified atom stereocenters. The summed E-state index contributed by atoms with van der Waals surface area (Å²) in [4.78, 5) is 21.3. The van der Waals surface area contributed by atoms with E-state index >= 15 is 0 Å². The number of carbonyl (C=O) groups is 1. The monoisotopic (exact) mass is 434 g/mol. The topological polar surface area (TPSA) is 59.4 Å². The fourth-order valence-electron chi connectivity index (χ4n) is 4.79. The largest absolute Gasteiger partial charge is 0.497 e. The van der Waals surface area contributed by atoms with Gasteiger partial charge in [0.25, 0.3) is 5.91 Å². The van der Waals surface area contributed by atoms with Crippen LogP contribution < -0.4 is 10.1 Å². The zero-order chi connectivity index (χ0) is 21.5. The number of thiophene rings is 1. The van der Waals surface area contributed by atoms with Gasteiger partial charge in [0.2, 0.25) is 0 Å². The van der Waals surface area contributed by atoms with Gasteiger partial charge in [0, 0.05) is 62.3 Å². The highest BCUT2D eigenvalue weighted by atomic mass is 32.1. The van der Waals surface area contributed by atoms with Crippen LogP contribution in [-0.4, -0.2) is 47.6 Å². The number of pyridine rings is 1. The van der Waals surface area contributed by atoms with Crippen molar-refractivity contribution < 1.29 is 9.53 Å². The summed E-state index contributed by atoms with van der Waals surface area (Å²) in [6, 6.07) is 10.3. The number of nitrogens with zero attached hydrogens (tertiary/aromatic N) is 3. The number of aromatic nitrogens is 2. The molecule has 0 bridgehead atoms. The van der Waals surface area contributed by atoms with Crippen LogP contribution in [-0.2, 0) is 13.6 Å². The number of rotatable bonds is 5. The Morgan fingerprint density at radius 2 is 2.19 bits per heavy atom. The summed E-state index contributed by atoms with van der Waals surface area (Å²) in [6.45, 7) is 2.86. The second-order valence-electron chi connectivity index (χ2n) is 8.15. The van der Waals surface area contributed by atoms with E-state index in [-0.39, 0.29) is 5.91 Å². The van der Waals surface area contributed by atoms with E-state index < -0.39 is 0 Å². The molecule has 1 N–H and O–H groups in total. The molecule has 4 aromatic rings. The summed E-state index contributed by atoms with van der Waals surface area (Å²) in [7, 11) is 5.48. The van der Waals surface area contributed by atoms with Crippen LogP contribution in [0, 0.1) is 0 Å². The number of likely N-dealkylation sites (tertiary alicyclic amines) is 1. The molecule has 7 heteroatoms. The number of methoxy groups -OCH3 is 1. The number of amides is 1. The van der Waals surface area contributed by atoms with Crippen LogP contribution in [0.2, 0.25) is 0 Å².